The van der Waals surface area contributed by atoms with Crippen LogP contribution in [0.15, 0.2) is 72.8 Å². The molecule has 3 aromatic rings. The second kappa shape index (κ2) is 9.41. The number of carbonyl (C=O) groups excluding carboxylic acids is 2. The van der Waals surface area contributed by atoms with Crippen molar-refractivity contribution in [2.24, 2.45) is 0 Å². The average Bonchev–Trinajstić information content (AvgIpc) is 2.74. The van der Waals surface area contributed by atoms with Crippen molar-refractivity contribution in [1.29, 1.82) is 0 Å². The van der Waals surface area contributed by atoms with E-state index in [0.29, 0.717) is 28.5 Å². The highest BCUT2D eigenvalue weighted by atomic mass is 16.5. The van der Waals surface area contributed by atoms with Crippen LogP contribution in [0.1, 0.15) is 15.9 Å². The summed E-state index contributed by atoms with van der Waals surface area (Å²) >= 11 is 0. The smallest absolute Gasteiger partial charge is 0.338 e. The van der Waals surface area contributed by atoms with Crippen molar-refractivity contribution in [3.63, 3.8) is 0 Å². The van der Waals surface area contributed by atoms with E-state index in [2.05, 4.69) is 5.32 Å². The number of ether oxygens (including phenoxy) is 3. The number of amides is 1. The summed E-state index contributed by atoms with van der Waals surface area (Å²) in [7, 11) is 1.53. The van der Waals surface area contributed by atoms with E-state index in [1.165, 1.54) is 7.11 Å². The van der Waals surface area contributed by atoms with Crippen molar-refractivity contribution in [2.45, 2.75) is 6.92 Å². The minimum atomic E-state index is -0.604. The summed E-state index contributed by atoms with van der Waals surface area (Å²) in [6, 6.07) is 21.2. The van der Waals surface area contributed by atoms with Crippen LogP contribution in [0.3, 0.4) is 0 Å². The average molecular weight is 391 g/mol. The number of nitrogens with one attached hydrogen (secondary N) is 1. The summed E-state index contributed by atoms with van der Waals surface area (Å²) < 4.78 is 16.1. The van der Waals surface area contributed by atoms with Gasteiger partial charge >= 0.3 is 5.97 Å². The van der Waals surface area contributed by atoms with E-state index < -0.39 is 18.5 Å². The van der Waals surface area contributed by atoms with Gasteiger partial charge in [-0.25, -0.2) is 4.79 Å². The predicted octanol–water partition coefficient (Wildman–Crippen LogP) is 4.59. The third kappa shape index (κ3) is 5.35. The van der Waals surface area contributed by atoms with Crippen molar-refractivity contribution in [3.8, 4) is 17.2 Å². The molecule has 3 aromatic carbocycles. The van der Waals surface area contributed by atoms with Gasteiger partial charge in [0.05, 0.1) is 18.4 Å². The maximum Gasteiger partial charge on any atom is 0.338 e. The monoisotopic (exact) mass is 391 g/mol. The lowest BCUT2D eigenvalue weighted by atomic mass is 10.1. The van der Waals surface area contributed by atoms with Crippen molar-refractivity contribution < 1.29 is 23.8 Å². The summed E-state index contributed by atoms with van der Waals surface area (Å²) in [5.41, 5.74) is 1.69. The normalized spacial score (nSPS) is 10.1. The molecule has 29 heavy (non-hydrogen) atoms. The van der Waals surface area contributed by atoms with E-state index in [9.17, 15) is 9.59 Å². The van der Waals surface area contributed by atoms with Gasteiger partial charge in [-0.15, -0.1) is 0 Å². The number of anilines is 1. The Kier molecular flexibility index (Phi) is 6.47. The molecule has 3 rings (SSSR count). The van der Waals surface area contributed by atoms with Crippen LogP contribution < -0.4 is 14.8 Å². The molecule has 0 unspecified atom stereocenters. The molecule has 0 aliphatic heterocycles. The molecule has 0 spiro atoms. The molecule has 6 heteroatoms. The lowest BCUT2D eigenvalue weighted by Gasteiger charge is -2.12. The highest BCUT2D eigenvalue weighted by molar-refractivity contribution is 5.96. The van der Waals surface area contributed by atoms with Crippen LogP contribution in [0, 0.1) is 6.92 Å². The highest BCUT2D eigenvalue weighted by Gasteiger charge is 2.14. The van der Waals surface area contributed by atoms with Gasteiger partial charge in [0, 0.05) is 0 Å². The van der Waals surface area contributed by atoms with Gasteiger partial charge in [-0.1, -0.05) is 36.4 Å². The van der Waals surface area contributed by atoms with Gasteiger partial charge in [-0.3, -0.25) is 4.79 Å². The minimum absolute atomic E-state index is 0.313. The molecule has 0 saturated heterocycles. The standard InChI is InChI=1S/C23H21NO5/c1-16-12-13-17(14-21(16)27-2)23(26)28-15-22(25)24-19-10-6-7-11-20(19)29-18-8-4-3-5-9-18/h3-14H,15H2,1-2H3,(H,24,25). The summed E-state index contributed by atoms with van der Waals surface area (Å²) in [5, 5.41) is 2.70. The molecule has 0 aliphatic rings. The molecule has 1 N–H and O–H groups in total. The van der Waals surface area contributed by atoms with Crippen molar-refractivity contribution in [3.05, 3.63) is 83.9 Å². The first kappa shape index (κ1) is 19.9. The summed E-state index contributed by atoms with van der Waals surface area (Å²) in [6.07, 6.45) is 0. The number of hydrogen-bond acceptors (Lipinski definition) is 5. The van der Waals surface area contributed by atoms with Crippen molar-refractivity contribution in [2.75, 3.05) is 19.0 Å². The second-order valence-electron chi connectivity index (χ2n) is 6.22. The van der Waals surface area contributed by atoms with Crippen LogP contribution in [0.5, 0.6) is 17.2 Å². The van der Waals surface area contributed by atoms with Gasteiger partial charge in [0.1, 0.15) is 11.5 Å². The lowest BCUT2D eigenvalue weighted by Crippen LogP contribution is -2.21. The SMILES string of the molecule is COc1cc(C(=O)OCC(=O)Nc2ccccc2Oc2ccccc2)ccc1C. The van der Waals surface area contributed by atoms with E-state index in [0.717, 1.165) is 5.56 Å². The van der Waals surface area contributed by atoms with Gasteiger partial charge in [0.2, 0.25) is 0 Å². The van der Waals surface area contributed by atoms with E-state index >= 15 is 0 Å². The van der Waals surface area contributed by atoms with Gasteiger partial charge in [0.25, 0.3) is 5.91 Å². The quantitative estimate of drug-likeness (QED) is 0.596. The molecule has 6 nitrogen and oxygen atoms in total. The number of benzene rings is 3. The number of para-hydroxylation sites is 3. The van der Waals surface area contributed by atoms with Gasteiger partial charge in [-0.05, 0) is 48.9 Å². The molecule has 0 heterocycles. The number of carbonyl (C=O) groups is 2. The number of hydrogen-bond donors (Lipinski definition) is 1. The Labute approximate surface area is 169 Å². The maximum absolute atomic E-state index is 12.3. The molecule has 0 atom stereocenters. The fourth-order valence-corrected chi connectivity index (χ4v) is 2.62. The van der Waals surface area contributed by atoms with E-state index in [-0.39, 0.29) is 0 Å². The minimum Gasteiger partial charge on any atom is -0.496 e. The highest BCUT2D eigenvalue weighted by Crippen LogP contribution is 2.29. The molecule has 0 radical (unpaired) electrons. The topological polar surface area (TPSA) is 73.9 Å². The van der Waals surface area contributed by atoms with E-state index in [1.807, 2.05) is 37.3 Å². The zero-order valence-electron chi connectivity index (χ0n) is 16.2. The van der Waals surface area contributed by atoms with Gasteiger partial charge < -0.3 is 19.5 Å². The predicted molar refractivity (Wildman–Crippen MR) is 110 cm³/mol. The third-order valence-corrected chi connectivity index (χ3v) is 4.11. The Hall–Kier alpha value is -3.80. The van der Waals surface area contributed by atoms with Crippen LogP contribution in [-0.4, -0.2) is 25.6 Å². The Balaban J connectivity index is 1.61. The zero-order chi connectivity index (χ0) is 20.6. The number of methoxy groups -OCH3 is 1. The Bertz CT molecular complexity index is 1000. The number of esters is 1. The zero-order valence-corrected chi connectivity index (χ0v) is 16.2. The third-order valence-electron chi connectivity index (χ3n) is 4.11. The fourth-order valence-electron chi connectivity index (χ4n) is 2.62. The fraction of sp³-hybridized carbons (Fsp3) is 0.130. The van der Waals surface area contributed by atoms with E-state index in [4.69, 9.17) is 14.2 Å². The molecule has 0 aliphatic carbocycles. The second-order valence-corrected chi connectivity index (χ2v) is 6.22. The molecule has 148 valence electrons. The molecule has 0 bridgehead atoms. The van der Waals surface area contributed by atoms with Crippen LogP contribution in [-0.2, 0) is 9.53 Å². The Morgan fingerprint density at radius 2 is 1.62 bits per heavy atom. The molecule has 0 fully saturated rings. The maximum atomic E-state index is 12.3. The van der Waals surface area contributed by atoms with Crippen LogP contribution in [0.2, 0.25) is 0 Å². The Morgan fingerprint density at radius 3 is 2.38 bits per heavy atom. The number of rotatable bonds is 7. The summed E-state index contributed by atoms with van der Waals surface area (Å²) in [5.74, 6) is 0.639. The molecule has 0 saturated carbocycles. The first-order valence-electron chi connectivity index (χ1n) is 9.00. The van der Waals surface area contributed by atoms with Crippen molar-refractivity contribution in [1.82, 2.24) is 0 Å². The first-order valence-corrected chi connectivity index (χ1v) is 9.00. The molecule has 0 aromatic heterocycles. The largest absolute Gasteiger partial charge is 0.496 e. The lowest BCUT2D eigenvalue weighted by molar-refractivity contribution is -0.119. The van der Waals surface area contributed by atoms with Crippen LogP contribution in [0.25, 0.3) is 0 Å². The molecule has 1 amide bonds. The summed E-state index contributed by atoms with van der Waals surface area (Å²) in [4.78, 5) is 24.5. The van der Waals surface area contributed by atoms with Crippen molar-refractivity contribution >= 4 is 17.6 Å². The first-order chi connectivity index (χ1) is 14.1. The van der Waals surface area contributed by atoms with Gasteiger partial charge in [-0.2, -0.15) is 0 Å². The Morgan fingerprint density at radius 1 is 0.897 bits per heavy atom. The van der Waals surface area contributed by atoms with Crippen LogP contribution in [0.4, 0.5) is 5.69 Å². The van der Waals surface area contributed by atoms with Crippen LogP contribution >= 0.6 is 0 Å². The summed E-state index contributed by atoms with van der Waals surface area (Å²) in [6.45, 7) is 1.45. The van der Waals surface area contributed by atoms with E-state index in [1.54, 1.807) is 42.5 Å². The number of aryl methyl sites for hydroxylation is 1. The molecular formula is C23H21NO5. The molecular weight excluding hydrogens is 370 g/mol. The van der Waals surface area contributed by atoms with Gasteiger partial charge in [0.15, 0.2) is 12.4 Å².